The monoisotopic (exact) mass is 312 g/mol. The molecule has 1 heterocycles. The van der Waals surface area contributed by atoms with Crippen molar-refractivity contribution in [3.05, 3.63) is 70.5 Å². The molecule has 0 aliphatic carbocycles. The highest BCUT2D eigenvalue weighted by molar-refractivity contribution is 6.31. The summed E-state index contributed by atoms with van der Waals surface area (Å²) in [5, 5.41) is 9.94. The van der Waals surface area contributed by atoms with Crippen LogP contribution in [-0.2, 0) is 0 Å². The van der Waals surface area contributed by atoms with Crippen LogP contribution in [0.2, 0.25) is 5.02 Å². The van der Waals surface area contributed by atoms with Gasteiger partial charge in [0.15, 0.2) is 0 Å². The Hall–Kier alpha value is -2.31. The van der Waals surface area contributed by atoms with Crippen LogP contribution in [0.25, 0.3) is 5.57 Å². The second kappa shape index (κ2) is 5.82. The Balaban J connectivity index is 2.25. The molecule has 2 aromatic rings. The van der Waals surface area contributed by atoms with Gasteiger partial charge in [-0.3, -0.25) is 0 Å². The zero-order chi connectivity index (χ0) is 15.7. The van der Waals surface area contributed by atoms with Gasteiger partial charge in [0.1, 0.15) is 11.9 Å². The maximum absolute atomic E-state index is 14.2. The van der Waals surface area contributed by atoms with Crippen molar-refractivity contribution in [2.24, 2.45) is 0 Å². The molecule has 0 saturated carbocycles. The average Bonchev–Trinajstić information content (AvgIpc) is 2.65. The lowest BCUT2D eigenvalue weighted by molar-refractivity contribution is 0.624. The summed E-state index contributed by atoms with van der Waals surface area (Å²) in [6, 6.07) is 14.2. The number of hydrogen-bond donors (Lipinski definition) is 0. The number of halogens is 2. The Morgan fingerprint density at radius 2 is 2.00 bits per heavy atom. The van der Waals surface area contributed by atoms with Gasteiger partial charge in [-0.2, -0.15) is 5.26 Å². The normalized spacial score (nSPS) is 17.3. The third-order valence-corrected chi connectivity index (χ3v) is 4.19. The van der Waals surface area contributed by atoms with Gasteiger partial charge in [-0.1, -0.05) is 35.9 Å². The van der Waals surface area contributed by atoms with E-state index in [2.05, 4.69) is 6.07 Å². The molecular weight excluding hydrogens is 299 g/mol. The summed E-state index contributed by atoms with van der Waals surface area (Å²) >= 11 is 6.14. The van der Waals surface area contributed by atoms with Crippen LogP contribution in [0.15, 0.2) is 48.5 Å². The molecule has 1 aliphatic heterocycles. The Morgan fingerprint density at radius 3 is 2.73 bits per heavy atom. The van der Waals surface area contributed by atoms with Gasteiger partial charge >= 0.3 is 0 Å². The van der Waals surface area contributed by atoms with Crippen molar-refractivity contribution in [1.82, 2.24) is 0 Å². The molecule has 3 rings (SSSR count). The van der Waals surface area contributed by atoms with Gasteiger partial charge in [-0.05, 0) is 29.8 Å². The van der Waals surface area contributed by atoms with Crippen molar-refractivity contribution in [1.29, 1.82) is 5.26 Å². The number of nitriles is 1. The van der Waals surface area contributed by atoms with Crippen LogP contribution in [0, 0.1) is 17.1 Å². The Morgan fingerprint density at radius 1 is 1.23 bits per heavy atom. The van der Waals surface area contributed by atoms with E-state index in [4.69, 9.17) is 11.6 Å². The minimum atomic E-state index is -0.288. The Bertz CT molecular complexity index is 792. The summed E-state index contributed by atoms with van der Waals surface area (Å²) in [7, 11) is 1.87. The van der Waals surface area contributed by atoms with Crippen molar-refractivity contribution >= 4 is 22.9 Å². The van der Waals surface area contributed by atoms with E-state index < -0.39 is 0 Å². The van der Waals surface area contributed by atoms with E-state index >= 15 is 0 Å². The van der Waals surface area contributed by atoms with E-state index in [0.29, 0.717) is 17.0 Å². The maximum Gasteiger partial charge on any atom is 0.131 e. The highest BCUT2D eigenvalue weighted by Crippen LogP contribution is 2.38. The molecule has 110 valence electrons. The smallest absolute Gasteiger partial charge is 0.131 e. The quantitative estimate of drug-likeness (QED) is 0.767. The van der Waals surface area contributed by atoms with Crippen LogP contribution in [0.4, 0.5) is 10.1 Å². The van der Waals surface area contributed by atoms with Crippen molar-refractivity contribution in [3.63, 3.8) is 0 Å². The fraction of sp³-hybridized carbons (Fsp3) is 0.167. The largest absolute Gasteiger partial charge is 0.358 e. The summed E-state index contributed by atoms with van der Waals surface area (Å²) < 4.78 is 14.2. The van der Waals surface area contributed by atoms with Crippen LogP contribution in [-0.4, -0.2) is 13.1 Å². The molecule has 0 N–H and O–H groups in total. The molecule has 0 amide bonds. The first kappa shape index (κ1) is 14.6. The molecule has 2 nitrogen and oxygen atoms in total. The van der Waals surface area contributed by atoms with Gasteiger partial charge in [0, 0.05) is 35.3 Å². The number of rotatable bonds is 1. The van der Waals surface area contributed by atoms with E-state index in [9.17, 15) is 9.65 Å². The van der Waals surface area contributed by atoms with Crippen molar-refractivity contribution in [2.45, 2.75) is 12.5 Å². The first-order valence-electron chi connectivity index (χ1n) is 6.99. The number of benzene rings is 2. The summed E-state index contributed by atoms with van der Waals surface area (Å²) in [6.07, 6.45) is 2.45. The molecule has 1 aliphatic rings. The van der Waals surface area contributed by atoms with E-state index in [1.54, 1.807) is 24.3 Å². The zero-order valence-electron chi connectivity index (χ0n) is 12.1. The standard InChI is InChI=1S/C18H14ClFN2/c1-22-13(11-21)7-8-14(15-4-2-3-5-17(15)20)16-10-12(19)6-9-18(16)22/h2-6,8-10,13H,7H2,1H3. The first-order valence-corrected chi connectivity index (χ1v) is 7.37. The number of anilines is 1. The van der Waals surface area contributed by atoms with Crippen LogP contribution in [0.5, 0.6) is 0 Å². The van der Waals surface area contributed by atoms with Crippen LogP contribution < -0.4 is 4.90 Å². The third kappa shape index (κ3) is 2.47. The SMILES string of the molecule is CN1c2ccc(Cl)cc2C(c2ccccc2F)=CCC1C#N. The molecular formula is C18H14ClFN2. The molecule has 1 unspecified atom stereocenters. The third-order valence-electron chi connectivity index (χ3n) is 3.95. The summed E-state index contributed by atoms with van der Waals surface area (Å²) in [4.78, 5) is 1.91. The molecule has 0 radical (unpaired) electrons. The average molecular weight is 313 g/mol. The van der Waals surface area contributed by atoms with Gasteiger partial charge in [-0.25, -0.2) is 4.39 Å². The Labute approximate surface area is 134 Å². The molecule has 0 bridgehead atoms. The zero-order valence-corrected chi connectivity index (χ0v) is 12.8. The number of hydrogen-bond acceptors (Lipinski definition) is 2. The van der Waals surface area contributed by atoms with Gasteiger partial charge in [0.25, 0.3) is 0 Å². The van der Waals surface area contributed by atoms with E-state index in [-0.39, 0.29) is 11.9 Å². The van der Waals surface area contributed by atoms with Gasteiger partial charge in [-0.15, -0.1) is 0 Å². The van der Waals surface area contributed by atoms with Crippen LogP contribution in [0.3, 0.4) is 0 Å². The molecule has 4 heteroatoms. The summed E-state index contributed by atoms with van der Waals surface area (Å²) in [5.41, 5.74) is 3.03. The molecule has 0 aromatic heterocycles. The lowest BCUT2D eigenvalue weighted by Gasteiger charge is -2.24. The van der Waals surface area contributed by atoms with Crippen molar-refractivity contribution in [2.75, 3.05) is 11.9 Å². The van der Waals surface area contributed by atoms with Crippen LogP contribution in [0.1, 0.15) is 17.5 Å². The first-order chi connectivity index (χ1) is 10.6. The topological polar surface area (TPSA) is 27.0 Å². The lowest BCUT2D eigenvalue weighted by atomic mass is 9.95. The molecule has 2 aromatic carbocycles. The lowest BCUT2D eigenvalue weighted by Crippen LogP contribution is -2.29. The summed E-state index contributed by atoms with van der Waals surface area (Å²) in [5.74, 6) is -0.280. The van der Waals surface area contributed by atoms with E-state index in [1.165, 1.54) is 6.07 Å². The molecule has 0 saturated heterocycles. The van der Waals surface area contributed by atoms with Gasteiger partial charge < -0.3 is 4.90 Å². The van der Waals surface area contributed by atoms with Gasteiger partial charge in [0.2, 0.25) is 0 Å². The molecule has 0 fully saturated rings. The second-order valence-electron chi connectivity index (χ2n) is 5.25. The number of nitrogens with zero attached hydrogens (tertiary/aromatic N) is 2. The fourth-order valence-corrected chi connectivity index (χ4v) is 2.94. The van der Waals surface area contributed by atoms with Gasteiger partial charge in [0.05, 0.1) is 6.07 Å². The minimum absolute atomic E-state index is 0.280. The molecule has 0 spiro atoms. The number of fused-ring (bicyclic) bond motifs is 1. The predicted molar refractivity (Wildman–Crippen MR) is 87.4 cm³/mol. The van der Waals surface area contributed by atoms with Crippen molar-refractivity contribution < 1.29 is 4.39 Å². The molecule has 22 heavy (non-hydrogen) atoms. The van der Waals surface area contributed by atoms with Crippen molar-refractivity contribution in [3.8, 4) is 6.07 Å². The Kier molecular flexibility index (Phi) is 3.87. The van der Waals surface area contributed by atoms with E-state index in [0.717, 1.165) is 16.8 Å². The fourth-order valence-electron chi connectivity index (χ4n) is 2.77. The van der Waals surface area contributed by atoms with Crippen LogP contribution >= 0.6 is 11.6 Å². The highest BCUT2D eigenvalue weighted by atomic mass is 35.5. The molecule has 1 atom stereocenters. The maximum atomic E-state index is 14.2. The minimum Gasteiger partial charge on any atom is -0.358 e. The summed E-state index contributed by atoms with van der Waals surface area (Å²) in [6.45, 7) is 0. The second-order valence-corrected chi connectivity index (χ2v) is 5.69. The predicted octanol–water partition coefficient (Wildman–Crippen LogP) is 4.64. The van der Waals surface area contributed by atoms with E-state index in [1.807, 2.05) is 30.2 Å². The highest BCUT2D eigenvalue weighted by Gasteiger charge is 2.24.